The maximum absolute atomic E-state index is 5.62. The van der Waals surface area contributed by atoms with Crippen molar-refractivity contribution in [2.24, 2.45) is 7.05 Å². The Morgan fingerprint density at radius 2 is 2.37 bits per heavy atom. The van der Waals surface area contributed by atoms with Crippen molar-refractivity contribution in [3.63, 3.8) is 0 Å². The van der Waals surface area contributed by atoms with Gasteiger partial charge in [0.2, 0.25) is 0 Å². The smallest absolute Gasteiger partial charge is 0.163 e. The molecule has 0 aromatic carbocycles. The fourth-order valence-electron chi connectivity index (χ4n) is 2.49. The number of anilines is 1. The first-order valence-corrected chi connectivity index (χ1v) is 6.76. The Morgan fingerprint density at radius 1 is 1.47 bits per heavy atom. The molecule has 0 radical (unpaired) electrons. The SMILES string of the molecule is Cc1nc(NCCC2CCCO2)c2cnn(C)c2n1. The highest BCUT2D eigenvalue weighted by molar-refractivity contribution is 5.86. The van der Waals surface area contributed by atoms with E-state index in [2.05, 4.69) is 20.4 Å². The summed E-state index contributed by atoms with van der Waals surface area (Å²) in [6.07, 6.45) is 5.59. The predicted molar refractivity (Wildman–Crippen MR) is 73.1 cm³/mol. The van der Waals surface area contributed by atoms with Gasteiger partial charge in [0.05, 0.1) is 17.7 Å². The summed E-state index contributed by atoms with van der Waals surface area (Å²) in [4.78, 5) is 8.87. The van der Waals surface area contributed by atoms with Crippen LogP contribution in [0.5, 0.6) is 0 Å². The molecule has 1 aliphatic heterocycles. The molecule has 3 rings (SSSR count). The zero-order valence-electron chi connectivity index (χ0n) is 11.4. The van der Waals surface area contributed by atoms with Crippen LogP contribution in [0.2, 0.25) is 0 Å². The molecule has 0 bridgehead atoms. The predicted octanol–water partition coefficient (Wildman–Crippen LogP) is 1.65. The quantitative estimate of drug-likeness (QED) is 0.906. The van der Waals surface area contributed by atoms with Gasteiger partial charge >= 0.3 is 0 Å². The number of nitrogens with zero attached hydrogens (tertiary/aromatic N) is 4. The number of fused-ring (bicyclic) bond motifs is 1. The number of ether oxygens (including phenoxy) is 1. The standard InChI is InChI=1S/C13H19N5O/c1-9-16-12(11-8-15-18(2)13(11)17-9)14-6-5-10-4-3-7-19-10/h8,10H,3-7H2,1-2H3,(H,14,16,17). The molecule has 6 heteroatoms. The average Bonchev–Trinajstić information content (AvgIpc) is 3.00. The molecule has 1 aliphatic rings. The summed E-state index contributed by atoms with van der Waals surface area (Å²) in [6, 6.07) is 0. The topological polar surface area (TPSA) is 64.9 Å². The zero-order chi connectivity index (χ0) is 13.2. The molecule has 1 saturated heterocycles. The third-order valence-corrected chi connectivity index (χ3v) is 3.49. The van der Waals surface area contributed by atoms with Crippen LogP contribution < -0.4 is 5.32 Å². The number of aromatic nitrogens is 4. The van der Waals surface area contributed by atoms with Crippen LogP contribution in [-0.2, 0) is 11.8 Å². The molecule has 3 heterocycles. The highest BCUT2D eigenvalue weighted by atomic mass is 16.5. The van der Waals surface area contributed by atoms with E-state index in [1.54, 1.807) is 4.68 Å². The summed E-state index contributed by atoms with van der Waals surface area (Å²) in [5.74, 6) is 1.63. The van der Waals surface area contributed by atoms with E-state index in [4.69, 9.17) is 4.74 Å². The minimum Gasteiger partial charge on any atom is -0.378 e. The molecular weight excluding hydrogens is 242 g/mol. The summed E-state index contributed by atoms with van der Waals surface area (Å²) in [5.41, 5.74) is 0.868. The Hall–Kier alpha value is -1.69. The van der Waals surface area contributed by atoms with Crippen LogP contribution >= 0.6 is 0 Å². The maximum atomic E-state index is 5.62. The summed E-state index contributed by atoms with van der Waals surface area (Å²) in [6.45, 7) is 3.67. The first-order chi connectivity index (χ1) is 9.24. The van der Waals surface area contributed by atoms with Crippen molar-refractivity contribution in [2.75, 3.05) is 18.5 Å². The third-order valence-electron chi connectivity index (χ3n) is 3.49. The van der Waals surface area contributed by atoms with Crippen molar-refractivity contribution in [3.8, 4) is 0 Å². The first-order valence-electron chi connectivity index (χ1n) is 6.76. The second-order valence-electron chi connectivity index (χ2n) is 4.98. The lowest BCUT2D eigenvalue weighted by Gasteiger charge is -2.11. The number of nitrogens with one attached hydrogen (secondary N) is 1. The molecule has 1 N–H and O–H groups in total. The van der Waals surface area contributed by atoms with Crippen LogP contribution in [0.3, 0.4) is 0 Å². The van der Waals surface area contributed by atoms with Crippen LogP contribution in [0, 0.1) is 6.92 Å². The van der Waals surface area contributed by atoms with Gasteiger partial charge in [0, 0.05) is 20.2 Å². The second kappa shape index (κ2) is 5.13. The Morgan fingerprint density at radius 3 is 3.16 bits per heavy atom. The molecule has 0 aliphatic carbocycles. The van der Waals surface area contributed by atoms with Crippen molar-refractivity contribution < 1.29 is 4.74 Å². The van der Waals surface area contributed by atoms with Crippen LogP contribution in [0.25, 0.3) is 11.0 Å². The van der Waals surface area contributed by atoms with Gasteiger partial charge in [-0.2, -0.15) is 5.10 Å². The van der Waals surface area contributed by atoms with E-state index in [1.807, 2.05) is 20.2 Å². The normalized spacial score (nSPS) is 19.2. The Labute approximate surface area is 112 Å². The fourth-order valence-corrected chi connectivity index (χ4v) is 2.49. The maximum Gasteiger partial charge on any atom is 0.163 e. The van der Waals surface area contributed by atoms with Crippen LogP contribution in [-0.4, -0.2) is 39.0 Å². The average molecular weight is 261 g/mol. The van der Waals surface area contributed by atoms with Gasteiger partial charge < -0.3 is 10.1 Å². The molecule has 102 valence electrons. The molecule has 1 fully saturated rings. The van der Waals surface area contributed by atoms with Gasteiger partial charge in [-0.1, -0.05) is 0 Å². The van der Waals surface area contributed by atoms with Gasteiger partial charge in [0.1, 0.15) is 11.6 Å². The largest absolute Gasteiger partial charge is 0.378 e. The minimum absolute atomic E-state index is 0.403. The van der Waals surface area contributed by atoms with E-state index in [-0.39, 0.29) is 0 Å². The Kier molecular flexibility index (Phi) is 3.33. The second-order valence-corrected chi connectivity index (χ2v) is 4.98. The van der Waals surface area contributed by atoms with E-state index < -0.39 is 0 Å². The van der Waals surface area contributed by atoms with Crippen LogP contribution in [0.4, 0.5) is 5.82 Å². The monoisotopic (exact) mass is 261 g/mol. The number of hydrogen-bond acceptors (Lipinski definition) is 5. The molecule has 0 spiro atoms. The van der Waals surface area contributed by atoms with Crippen molar-refractivity contribution in [3.05, 3.63) is 12.0 Å². The molecule has 6 nitrogen and oxygen atoms in total. The fraction of sp³-hybridized carbons (Fsp3) is 0.615. The molecule has 2 aromatic rings. The van der Waals surface area contributed by atoms with Crippen LogP contribution in [0.15, 0.2) is 6.20 Å². The minimum atomic E-state index is 0.403. The number of rotatable bonds is 4. The van der Waals surface area contributed by atoms with E-state index in [9.17, 15) is 0 Å². The van der Waals surface area contributed by atoms with E-state index in [0.717, 1.165) is 42.2 Å². The molecular formula is C13H19N5O. The van der Waals surface area contributed by atoms with Gasteiger partial charge in [-0.25, -0.2) is 9.97 Å². The van der Waals surface area contributed by atoms with Gasteiger partial charge in [-0.15, -0.1) is 0 Å². The van der Waals surface area contributed by atoms with Crippen molar-refractivity contribution in [2.45, 2.75) is 32.3 Å². The Bertz CT molecular complexity index is 574. The molecule has 0 saturated carbocycles. The summed E-state index contributed by atoms with van der Waals surface area (Å²) >= 11 is 0. The first kappa shape index (κ1) is 12.3. The summed E-state index contributed by atoms with van der Waals surface area (Å²) in [7, 11) is 1.89. The highest BCUT2D eigenvalue weighted by Crippen LogP contribution is 2.20. The van der Waals surface area contributed by atoms with Gasteiger partial charge in [0.15, 0.2) is 5.65 Å². The molecule has 1 atom stereocenters. The molecule has 1 unspecified atom stereocenters. The zero-order valence-corrected chi connectivity index (χ0v) is 11.4. The number of aryl methyl sites for hydroxylation is 2. The van der Waals surface area contributed by atoms with Crippen LogP contribution in [0.1, 0.15) is 25.1 Å². The summed E-state index contributed by atoms with van der Waals surface area (Å²) in [5, 5.41) is 8.59. The van der Waals surface area contributed by atoms with Crippen molar-refractivity contribution in [1.82, 2.24) is 19.7 Å². The van der Waals surface area contributed by atoms with Gasteiger partial charge in [0.25, 0.3) is 0 Å². The van der Waals surface area contributed by atoms with Crippen molar-refractivity contribution >= 4 is 16.9 Å². The van der Waals surface area contributed by atoms with Gasteiger partial charge in [-0.3, -0.25) is 4.68 Å². The Balaban J connectivity index is 1.72. The lowest BCUT2D eigenvalue weighted by atomic mass is 10.2. The third kappa shape index (κ3) is 2.53. The van der Waals surface area contributed by atoms with Crippen molar-refractivity contribution in [1.29, 1.82) is 0 Å². The lowest BCUT2D eigenvalue weighted by molar-refractivity contribution is 0.107. The lowest BCUT2D eigenvalue weighted by Crippen LogP contribution is -2.13. The molecule has 19 heavy (non-hydrogen) atoms. The van der Waals surface area contributed by atoms with E-state index in [0.29, 0.717) is 6.10 Å². The summed E-state index contributed by atoms with van der Waals surface area (Å²) < 4.78 is 7.39. The number of hydrogen-bond donors (Lipinski definition) is 1. The van der Waals surface area contributed by atoms with E-state index >= 15 is 0 Å². The molecule has 2 aromatic heterocycles. The van der Waals surface area contributed by atoms with E-state index in [1.165, 1.54) is 12.8 Å². The molecule has 0 amide bonds. The highest BCUT2D eigenvalue weighted by Gasteiger charge is 2.15. The van der Waals surface area contributed by atoms with Gasteiger partial charge in [-0.05, 0) is 26.2 Å².